The number of amides is 2. The molecular formula is C17H19N7O3S. The molecule has 1 saturated heterocycles. The van der Waals surface area contributed by atoms with E-state index in [0.717, 1.165) is 18.2 Å². The lowest BCUT2D eigenvalue weighted by molar-refractivity contribution is 0.0848. The van der Waals surface area contributed by atoms with Gasteiger partial charge in [-0.3, -0.25) is 20.4 Å². The zero-order valence-corrected chi connectivity index (χ0v) is 16.2. The number of hydrogen-bond acceptors (Lipinski definition) is 8. The zero-order valence-electron chi connectivity index (χ0n) is 15.4. The molecule has 0 atom stereocenters. The first-order valence-corrected chi connectivity index (χ1v) is 9.57. The Hall–Kier alpha value is -3.05. The molecular weight excluding hydrogens is 382 g/mol. The minimum Gasteiger partial charge on any atom is -0.378 e. The minimum atomic E-state index is -0.477. The van der Waals surface area contributed by atoms with E-state index in [1.807, 2.05) is 0 Å². The summed E-state index contributed by atoms with van der Waals surface area (Å²) in [4.78, 5) is 36.3. The van der Waals surface area contributed by atoms with Gasteiger partial charge in [0.25, 0.3) is 11.8 Å². The van der Waals surface area contributed by atoms with Crippen LogP contribution in [-0.2, 0) is 4.74 Å². The van der Waals surface area contributed by atoms with Crippen molar-refractivity contribution in [2.45, 2.75) is 13.8 Å². The number of aryl methyl sites for hydroxylation is 2. The molecule has 1 aliphatic heterocycles. The minimum absolute atomic E-state index is 0.316. The van der Waals surface area contributed by atoms with Crippen LogP contribution in [0, 0.1) is 13.8 Å². The highest BCUT2D eigenvalue weighted by Crippen LogP contribution is 2.26. The van der Waals surface area contributed by atoms with Crippen LogP contribution in [0.5, 0.6) is 0 Å². The molecule has 0 saturated carbocycles. The monoisotopic (exact) mass is 401 g/mol. The standard InChI is InChI=1S/C17H19N7O3S/c1-10-12(14-18-4-3-5-24(14)22-10)15(25)20-21-16(26)13-11(2)19-17(28-13)23-6-8-27-9-7-23/h3-5H,6-9H2,1-2H3,(H,20,25)(H,21,26). The molecule has 3 aromatic rings. The summed E-state index contributed by atoms with van der Waals surface area (Å²) in [5.74, 6) is -0.889. The van der Waals surface area contributed by atoms with Crippen LogP contribution in [0.4, 0.5) is 5.13 Å². The van der Waals surface area contributed by atoms with Crippen molar-refractivity contribution in [3.05, 3.63) is 40.3 Å². The first-order valence-electron chi connectivity index (χ1n) is 8.75. The second kappa shape index (κ2) is 7.52. The maximum atomic E-state index is 12.6. The molecule has 0 spiro atoms. The molecule has 1 fully saturated rings. The number of hydrogen-bond donors (Lipinski definition) is 2. The Morgan fingerprint density at radius 1 is 1.14 bits per heavy atom. The Kier molecular flexibility index (Phi) is 4.92. The van der Waals surface area contributed by atoms with Crippen molar-refractivity contribution in [3.63, 3.8) is 0 Å². The fourth-order valence-corrected chi connectivity index (χ4v) is 3.99. The number of rotatable bonds is 3. The maximum absolute atomic E-state index is 12.6. The van der Waals surface area contributed by atoms with E-state index in [2.05, 4.69) is 30.8 Å². The predicted octanol–water partition coefficient (Wildman–Crippen LogP) is 0.714. The molecule has 10 nitrogen and oxygen atoms in total. The summed E-state index contributed by atoms with van der Waals surface area (Å²) in [6.45, 7) is 6.26. The van der Waals surface area contributed by atoms with Crippen LogP contribution in [0.25, 0.3) is 5.65 Å². The van der Waals surface area contributed by atoms with Crippen molar-refractivity contribution in [3.8, 4) is 0 Å². The maximum Gasteiger partial charge on any atom is 0.281 e. The van der Waals surface area contributed by atoms with Crippen LogP contribution in [0.3, 0.4) is 0 Å². The van der Waals surface area contributed by atoms with Gasteiger partial charge in [0.15, 0.2) is 10.8 Å². The lowest BCUT2D eigenvalue weighted by Gasteiger charge is -2.25. The molecule has 3 aromatic heterocycles. The van der Waals surface area contributed by atoms with Crippen LogP contribution in [0.2, 0.25) is 0 Å². The molecule has 4 heterocycles. The number of morpholine rings is 1. The summed E-state index contributed by atoms with van der Waals surface area (Å²) in [6.07, 6.45) is 3.29. The molecule has 0 unspecified atom stereocenters. The molecule has 2 N–H and O–H groups in total. The van der Waals surface area contributed by atoms with Gasteiger partial charge in [0.2, 0.25) is 0 Å². The van der Waals surface area contributed by atoms with Crippen molar-refractivity contribution in [2.24, 2.45) is 0 Å². The van der Waals surface area contributed by atoms with Gasteiger partial charge < -0.3 is 9.64 Å². The smallest absolute Gasteiger partial charge is 0.281 e. The number of anilines is 1. The fraction of sp³-hybridized carbons (Fsp3) is 0.353. The predicted molar refractivity (Wildman–Crippen MR) is 103 cm³/mol. The van der Waals surface area contributed by atoms with Gasteiger partial charge >= 0.3 is 0 Å². The Labute approximate surface area is 164 Å². The highest BCUT2D eigenvalue weighted by atomic mass is 32.1. The number of fused-ring (bicyclic) bond motifs is 1. The van der Waals surface area contributed by atoms with E-state index in [4.69, 9.17) is 4.74 Å². The quantitative estimate of drug-likeness (QED) is 0.622. The van der Waals surface area contributed by atoms with E-state index in [1.165, 1.54) is 15.9 Å². The number of ether oxygens (including phenoxy) is 1. The number of aromatic nitrogens is 4. The molecule has 146 valence electrons. The Balaban J connectivity index is 1.46. The average Bonchev–Trinajstić information content (AvgIpc) is 3.26. The average molecular weight is 401 g/mol. The largest absolute Gasteiger partial charge is 0.378 e. The van der Waals surface area contributed by atoms with Crippen molar-refractivity contribution in [2.75, 3.05) is 31.2 Å². The summed E-state index contributed by atoms with van der Waals surface area (Å²) < 4.78 is 6.86. The molecule has 0 aliphatic carbocycles. The second-order valence-electron chi connectivity index (χ2n) is 6.27. The van der Waals surface area contributed by atoms with Crippen LogP contribution >= 0.6 is 11.3 Å². The summed E-state index contributed by atoms with van der Waals surface area (Å²) in [5.41, 5.74) is 6.79. The molecule has 0 radical (unpaired) electrons. The molecule has 1 aliphatic rings. The summed E-state index contributed by atoms with van der Waals surface area (Å²) in [5, 5.41) is 5.02. The van der Waals surface area contributed by atoms with Gasteiger partial charge in [0.1, 0.15) is 10.4 Å². The topological polar surface area (TPSA) is 114 Å². The third-order valence-corrected chi connectivity index (χ3v) is 5.58. The van der Waals surface area contributed by atoms with Gasteiger partial charge in [0.05, 0.1) is 24.6 Å². The molecule has 11 heteroatoms. The van der Waals surface area contributed by atoms with Gasteiger partial charge in [-0.05, 0) is 19.9 Å². The molecule has 0 bridgehead atoms. The van der Waals surface area contributed by atoms with Crippen molar-refractivity contribution in [1.29, 1.82) is 0 Å². The number of nitrogens with zero attached hydrogens (tertiary/aromatic N) is 5. The van der Waals surface area contributed by atoms with E-state index in [-0.39, 0.29) is 0 Å². The fourth-order valence-electron chi connectivity index (χ4n) is 2.98. The lowest BCUT2D eigenvalue weighted by atomic mass is 10.2. The normalized spacial score (nSPS) is 14.3. The second-order valence-corrected chi connectivity index (χ2v) is 7.24. The van der Waals surface area contributed by atoms with E-state index in [0.29, 0.717) is 40.7 Å². The highest BCUT2D eigenvalue weighted by Gasteiger charge is 2.22. The number of carbonyl (C=O) groups excluding carboxylic acids is 2. The van der Waals surface area contributed by atoms with Gasteiger partial charge in [-0.2, -0.15) is 5.10 Å². The Morgan fingerprint density at radius 2 is 1.89 bits per heavy atom. The zero-order chi connectivity index (χ0) is 19.7. The lowest BCUT2D eigenvalue weighted by Crippen LogP contribution is -2.41. The first-order chi connectivity index (χ1) is 13.5. The van der Waals surface area contributed by atoms with Crippen LogP contribution in [0.15, 0.2) is 18.5 Å². The Bertz CT molecular complexity index is 1040. The highest BCUT2D eigenvalue weighted by molar-refractivity contribution is 7.17. The van der Waals surface area contributed by atoms with Gasteiger partial charge in [0, 0.05) is 25.5 Å². The number of hydrazine groups is 1. The SMILES string of the molecule is Cc1nc(N2CCOCC2)sc1C(=O)NNC(=O)c1c(C)nn2cccnc12. The Morgan fingerprint density at radius 3 is 2.68 bits per heavy atom. The van der Waals surface area contributed by atoms with Gasteiger partial charge in [-0.15, -0.1) is 0 Å². The molecule has 0 aromatic carbocycles. The number of thiazole rings is 1. The molecule has 4 rings (SSSR count). The number of nitrogens with one attached hydrogen (secondary N) is 2. The number of carbonyl (C=O) groups is 2. The van der Waals surface area contributed by atoms with E-state index in [1.54, 1.807) is 32.3 Å². The van der Waals surface area contributed by atoms with Crippen LogP contribution < -0.4 is 15.8 Å². The van der Waals surface area contributed by atoms with E-state index in [9.17, 15) is 9.59 Å². The summed E-state index contributed by atoms with van der Waals surface area (Å²) >= 11 is 1.30. The van der Waals surface area contributed by atoms with Crippen molar-refractivity contribution >= 4 is 33.9 Å². The van der Waals surface area contributed by atoms with E-state index >= 15 is 0 Å². The van der Waals surface area contributed by atoms with Gasteiger partial charge in [-0.1, -0.05) is 11.3 Å². The first kappa shape index (κ1) is 18.3. The van der Waals surface area contributed by atoms with Crippen molar-refractivity contribution in [1.82, 2.24) is 30.4 Å². The van der Waals surface area contributed by atoms with E-state index < -0.39 is 11.8 Å². The summed E-state index contributed by atoms with van der Waals surface area (Å²) in [6, 6.07) is 1.72. The van der Waals surface area contributed by atoms with Crippen molar-refractivity contribution < 1.29 is 14.3 Å². The van der Waals surface area contributed by atoms with Crippen LogP contribution in [0.1, 0.15) is 31.4 Å². The van der Waals surface area contributed by atoms with Gasteiger partial charge in [-0.25, -0.2) is 14.5 Å². The van der Waals surface area contributed by atoms with Crippen LogP contribution in [-0.4, -0.2) is 57.7 Å². The molecule has 28 heavy (non-hydrogen) atoms. The summed E-state index contributed by atoms with van der Waals surface area (Å²) in [7, 11) is 0. The third kappa shape index (κ3) is 3.41. The third-order valence-electron chi connectivity index (χ3n) is 4.36. The molecule has 2 amide bonds.